The largest absolute Gasteiger partial charge is 0.479 e. The average Bonchev–Trinajstić information content (AvgIpc) is 2.99. The fourth-order valence-corrected chi connectivity index (χ4v) is 1.14. The predicted molar refractivity (Wildman–Crippen MR) is 47.1 cm³/mol. The third-order valence-corrected chi connectivity index (χ3v) is 2.00. The Morgan fingerprint density at radius 3 is 2.79 bits per heavy atom. The van der Waals surface area contributed by atoms with Crippen LogP contribution in [0.1, 0.15) is 24.5 Å². The molecule has 1 saturated carbocycles. The lowest BCUT2D eigenvalue weighted by molar-refractivity contribution is -0.139. The van der Waals surface area contributed by atoms with Crippen LogP contribution in [0.4, 0.5) is 0 Å². The minimum absolute atomic E-state index is 0.261. The quantitative estimate of drug-likeness (QED) is 0.768. The number of ether oxygens (including phenoxy) is 1. The summed E-state index contributed by atoms with van der Waals surface area (Å²) in [5.74, 6) is -0.203. The molecule has 5 nitrogen and oxygen atoms in total. The second-order valence-corrected chi connectivity index (χ2v) is 3.25. The van der Waals surface area contributed by atoms with E-state index in [0.717, 1.165) is 5.69 Å². The van der Waals surface area contributed by atoms with Crippen molar-refractivity contribution in [1.29, 1.82) is 0 Å². The van der Waals surface area contributed by atoms with E-state index in [4.69, 9.17) is 9.84 Å². The molecule has 1 aromatic rings. The van der Waals surface area contributed by atoms with Gasteiger partial charge in [0.05, 0.1) is 5.69 Å². The molecule has 0 aliphatic heterocycles. The molecule has 1 aliphatic carbocycles. The summed E-state index contributed by atoms with van der Waals surface area (Å²) in [6.07, 6.45) is 2.34. The van der Waals surface area contributed by atoms with Crippen molar-refractivity contribution in [3.05, 3.63) is 17.8 Å². The molecule has 0 atom stereocenters. The lowest BCUT2D eigenvalue weighted by Crippen LogP contribution is -2.10. The molecule has 2 rings (SSSR count). The fourth-order valence-electron chi connectivity index (χ4n) is 1.14. The normalized spacial score (nSPS) is 15.1. The van der Waals surface area contributed by atoms with E-state index >= 15 is 0 Å². The van der Waals surface area contributed by atoms with Gasteiger partial charge in [-0.15, -0.1) is 5.10 Å². The summed E-state index contributed by atoms with van der Waals surface area (Å²) in [7, 11) is 0. The van der Waals surface area contributed by atoms with Crippen LogP contribution in [0, 0.1) is 0 Å². The van der Waals surface area contributed by atoms with Gasteiger partial charge >= 0.3 is 5.97 Å². The highest BCUT2D eigenvalue weighted by atomic mass is 16.5. The molecule has 74 valence electrons. The molecule has 0 amide bonds. The molecule has 0 bridgehead atoms. The lowest BCUT2D eigenvalue weighted by Gasteiger charge is -2.01. The Kier molecular flexibility index (Phi) is 2.30. The van der Waals surface area contributed by atoms with Crippen LogP contribution in [0.15, 0.2) is 12.1 Å². The molecule has 1 fully saturated rings. The van der Waals surface area contributed by atoms with Crippen LogP contribution in [0.5, 0.6) is 5.88 Å². The Bertz CT molecular complexity index is 332. The lowest BCUT2D eigenvalue weighted by atomic mass is 10.3. The summed E-state index contributed by atoms with van der Waals surface area (Å²) in [6, 6.07) is 3.49. The Labute approximate surface area is 80.7 Å². The first-order valence-electron chi connectivity index (χ1n) is 4.44. The van der Waals surface area contributed by atoms with Crippen molar-refractivity contribution in [2.75, 3.05) is 6.61 Å². The number of aromatic nitrogens is 2. The van der Waals surface area contributed by atoms with Crippen molar-refractivity contribution in [1.82, 2.24) is 10.2 Å². The number of rotatable bonds is 4. The monoisotopic (exact) mass is 194 g/mol. The van der Waals surface area contributed by atoms with Crippen LogP contribution in [-0.2, 0) is 4.79 Å². The Morgan fingerprint density at radius 2 is 2.29 bits per heavy atom. The smallest absolute Gasteiger partial charge is 0.341 e. The van der Waals surface area contributed by atoms with E-state index in [0.29, 0.717) is 5.92 Å². The van der Waals surface area contributed by atoms with Gasteiger partial charge in [0.25, 0.3) is 0 Å². The molecule has 0 saturated heterocycles. The van der Waals surface area contributed by atoms with Gasteiger partial charge in [0.15, 0.2) is 6.61 Å². The SMILES string of the molecule is O=C(O)COc1ccc(C2CC2)nn1. The fraction of sp³-hybridized carbons (Fsp3) is 0.444. The molecule has 1 N–H and O–H groups in total. The summed E-state index contributed by atoms with van der Waals surface area (Å²) in [4.78, 5) is 10.2. The maximum atomic E-state index is 10.2. The van der Waals surface area contributed by atoms with Crippen LogP contribution in [0.25, 0.3) is 0 Å². The molecule has 1 aromatic heterocycles. The number of hydrogen-bond acceptors (Lipinski definition) is 4. The van der Waals surface area contributed by atoms with Gasteiger partial charge < -0.3 is 9.84 Å². The topological polar surface area (TPSA) is 72.3 Å². The van der Waals surface area contributed by atoms with Crippen molar-refractivity contribution in [3.8, 4) is 5.88 Å². The number of carboxylic acid groups (broad SMARTS) is 1. The molecule has 14 heavy (non-hydrogen) atoms. The van der Waals surface area contributed by atoms with Crippen molar-refractivity contribution in [3.63, 3.8) is 0 Å². The predicted octanol–water partition coefficient (Wildman–Crippen LogP) is 0.817. The van der Waals surface area contributed by atoms with Gasteiger partial charge in [-0.2, -0.15) is 5.10 Å². The zero-order chi connectivity index (χ0) is 9.97. The molecule has 1 heterocycles. The van der Waals surface area contributed by atoms with Crippen molar-refractivity contribution in [2.45, 2.75) is 18.8 Å². The summed E-state index contributed by atoms with van der Waals surface area (Å²) in [5.41, 5.74) is 0.965. The molecule has 1 aliphatic rings. The second-order valence-electron chi connectivity index (χ2n) is 3.25. The Morgan fingerprint density at radius 1 is 1.50 bits per heavy atom. The van der Waals surface area contributed by atoms with E-state index in [1.165, 1.54) is 12.8 Å². The third-order valence-electron chi connectivity index (χ3n) is 2.00. The summed E-state index contributed by atoms with van der Waals surface area (Å²) < 4.78 is 4.85. The zero-order valence-corrected chi connectivity index (χ0v) is 7.51. The number of carboxylic acids is 1. The van der Waals surface area contributed by atoms with Crippen molar-refractivity contribution >= 4 is 5.97 Å². The van der Waals surface area contributed by atoms with Gasteiger partial charge in [0.1, 0.15) is 0 Å². The molecular formula is C9H10N2O3. The second kappa shape index (κ2) is 3.61. The first-order chi connectivity index (χ1) is 6.75. The van der Waals surface area contributed by atoms with Crippen LogP contribution in [0.2, 0.25) is 0 Å². The molecule has 0 unspecified atom stereocenters. The van der Waals surface area contributed by atoms with Crippen molar-refractivity contribution < 1.29 is 14.6 Å². The number of aliphatic carboxylic acids is 1. The van der Waals surface area contributed by atoms with Crippen molar-refractivity contribution in [2.24, 2.45) is 0 Å². The van der Waals surface area contributed by atoms with Crippen LogP contribution in [0.3, 0.4) is 0 Å². The van der Waals surface area contributed by atoms with Gasteiger partial charge in [0.2, 0.25) is 5.88 Å². The minimum Gasteiger partial charge on any atom is -0.479 e. The van der Waals surface area contributed by atoms with Crippen LogP contribution in [-0.4, -0.2) is 27.9 Å². The Hall–Kier alpha value is -1.65. The number of carbonyl (C=O) groups is 1. The maximum absolute atomic E-state index is 10.2. The van der Waals surface area contributed by atoms with Gasteiger partial charge in [-0.25, -0.2) is 4.79 Å². The van der Waals surface area contributed by atoms with Crippen LogP contribution < -0.4 is 4.74 Å². The van der Waals surface area contributed by atoms with Gasteiger partial charge in [0, 0.05) is 12.0 Å². The van der Waals surface area contributed by atoms with E-state index in [2.05, 4.69) is 10.2 Å². The summed E-state index contributed by atoms with van der Waals surface area (Å²) in [6.45, 7) is -0.378. The van der Waals surface area contributed by atoms with E-state index in [-0.39, 0.29) is 12.5 Å². The number of hydrogen-bond donors (Lipinski definition) is 1. The first kappa shape index (κ1) is 8.93. The zero-order valence-electron chi connectivity index (χ0n) is 7.51. The first-order valence-corrected chi connectivity index (χ1v) is 4.44. The minimum atomic E-state index is -1.02. The summed E-state index contributed by atoms with van der Waals surface area (Å²) >= 11 is 0. The van der Waals surface area contributed by atoms with Gasteiger partial charge in [-0.1, -0.05) is 0 Å². The molecule has 0 spiro atoms. The molecule has 0 radical (unpaired) electrons. The standard InChI is InChI=1S/C9H10N2O3/c12-9(13)5-14-8-4-3-7(10-11-8)6-1-2-6/h3-4,6H,1-2,5H2,(H,12,13). The highest BCUT2D eigenvalue weighted by molar-refractivity contribution is 5.68. The maximum Gasteiger partial charge on any atom is 0.341 e. The Balaban J connectivity index is 1.95. The van der Waals surface area contributed by atoms with E-state index < -0.39 is 5.97 Å². The van der Waals surface area contributed by atoms with E-state index in [1.54, 1.807) is 6.07 Å². The molecule has 0 aromatic carbocycles. The van der Waals surface area contributed by atoms with E-state index in [9.17, 15) is 4.79 Å². The average molecular weight is 194 g/mol. The summed E-state index contributed by atoms with van der Waals surface area (Å²) in [5, 5.41) is 16.1. The van der Waals surface area contributed by atoms with Gasteiger partial charge in [-0.05, 0) is 18.9 Å². The highest BCUT2D eigenvalue weighted by Gasteiger charge is 2.25. The molecular weight excluding hydrogens is 184 g/mol. The highest BCUT2D eigenvalue weighted by Crippen LogP contribution is 2.38. The third kappa shape index (κ3) is 2.18. The molecule has 5 heteroatoms. The van der Waals surface area contributed by atoms with Crippen LogP contribution >= 0.6 is 0 Å². The van der Waals surface area contributed by atoms with Gasteiger partial charge in [-0.3, -0.25) is 0 Å². The van der Waals surface area contributed by atoms with E-state index in [1.807, 2.05) is 6.07 Å². The number of nitrogens with zero attached hydrogens (tertiary/aromatic N) is 2.